The molecule has 1 unspecified atom stereocenters. The summed E-state index contributed by atoms with van der Waals surface area (Å²) in [7, 11) is 1.19. The van der Waals surface area contributed by atoms with Gasteiger partial charge in [0.1, 0.15) is 11.0 Å². The van der Waals surface area contributed by atoms with Crippen LogP contribution in [-0.2, 0) is 35.7 Å². The maximum atomic E-state index is 14.1. The molecule has 1 spiro atoms. The van der Waals surface area contributed by atoms with Gasteiger partial charge in [-0.05, 0) is 56.5 Å². The van der Waals surface area contributed by atoms with Crippen molar-refractivity contribution in [1.29, 1.82) is 0 Å². The van der Waals surface area contributed by atoms with Gasteiger partial charge < -0.3 is 9.47 Å². The third-order valence-corrected chi connectivity index (χ3v) is 6.20. The molecule has 4 rings (SSSR count). The molecule has 0 bridgehead atoms. The van der Waals surface area contributed by atoms with Crippen LogP contribution in [-0.4, -0.2) is 36.6 Å². The Morgan fingerprint density at radius 3 is 2.37 bits per heavy atom. The van der Waals surface area contributed by atoms with Gasteiger partial charge in [0.15, 0.2) is 0 Å². The average Bonchev–Trinajstić information content (AvgIpc) is 2.90. The van der Waals surface area contributed by atoms with E-state index in [1.807, 2.05) is 0 Å². The monoisotopic (exact) mass is 496 g/mol. The van der Waals surface area contributed by atoms with Crippen molar-refractivity contribution in [1.82, 2.24) is 0 Å². The zero-order chi connectivity index (χ0) is 25.7. The third-order valence-electron chi connectivity index (χ3n) is 5.96. The van der Waals surface area contributed by atoms with Crippen LogP contribution in [0.2, 0.25) is 5.02 Å². The topological polar surface area (TPSA) is 93.2 Å². The van der Waals surface area contributed by atoms with Crippen molar-refractivity contribution in [3.63, 3.8) is 0 Å². The Balaban J connectivity index is 2.06. The van der Waals surface area contributed by atoms with Crippen molar-refractivity contribution in [2.24, 2.45) is 0 Å². The summed E-state index contributed by atoms with van der Waals surface area (Å²) < 4.78 is 10.7. The van der Waals surface area contributed by atoms with Crippen molar-refractivity contribution in [3.05, 3.63) is 70.4 Å². The summed E-state index contributed by atoms with van der Waals surface area (Å²) in [5.41, 5.74) is -0.788. The standard InChI is InChI=1S/C26H25ClN2O6/c1-15(30)29-21-12-17(27)10-11-18(21)26(23(29)32)13-16-8-6-7-9-20(16)28(14-19(26)22(31)34-5)24(33)35-25(2,3)4/h6-12,14H,13H2,1-5H3. The fourth-order valence-electron chi connectivity index (χ4n) is 4.59. The molecule has 2 aliphatic rings. The van der Waals surface area contributed by atoms with E-state index in [1.165, 1.54) is 31.2 Å². The quantitative estimate of drug-likeness (QED) is 0.539. The lowest BCUT2D eigenvalue weighted by atomic mass is 9.71. The number of esters is 1. The van der Waals surface area contributed by atoms with Crippen LogP contribution in [0.1, 0.15) is 38.8 Å². The average molecular weight is 497 g/mol. The number of hydrogen-bond acceptors (Lipinski definition) is 6. The molecule has 0 fully saturated rings. The number of benzene rings is 2. The summed E-state index contributed by atoms with van der Waals surface area (Å²) in [6, 6.07) is 11.7. The Kier molecular flexibility index (Phi) is 5.97. The highest BCUT2D eigenvalue weighted by molar-refractivity contribution is 6.32. The van der Waals surface area contributed by atoms with Crippen molar-refractivity contribution in [2.75, 3.05) is 16.9 Å². The van der Waals surface area contributed by atoms with E-state index in [0.29, 0.717) is 21.8 Å². The van der Waals surface area contributed by atoms with E-state index < -0.39 is 34.9 Å². The maximum absolute atomic E-state index is 14.1. The SMILES string of the molecule is COC(=O)C1=CN(C(=O)OC(C)(C)C)c2ccccc2CC12C(=O)N(C(C)=O)c1cc(Cl)ccc12. The molecule has 0 N–H and O–H groups in total. The Bertz CT molecular complexity index is 1290. The Labute approximate surface area is 208 Å². The Morgan fingerprint density at radius 2 is 1.74 bits per heavy atom. The molecule has 2 aliphatic heterocycles. The molecule has 8 nitrogen and oxygen atoms in total. The van der Waals surface area contributed by atoms with Gasteiger partial charge in [-0.15, -0.1) is 0 Å². The molecule has 2 aromatic carbocycles. The Morgan fingerprint density at radius 1 is 1.06 bits per heavy atom. The summed E-state index contributed by atoms with van der Waals surface area (Å²) in [6.45, 7) is 6.45. The predicted molar refractivity (Wildman–Crippen MR) is 130 cm³/mol. The first-order valence-corrected chi connectivity index (χ1v) is 11.3. The number of fused-ring (bicyclic) bond motifs is 3. The Hall–Kier alpha value is -3.65. The number of ether oxygens (including phenoxy) is 2. The van der Waals surface area contributed by atoms with Gasteiger partial charge in [0.2, 0.25) is 11.8 Å². The number of hydrogen-bond donors (Lipinski definition) is 0. The lowest BCUT2D eigenvalue weighted by Crippen LogP contribution is -2.47. The van der Waals surface area contributed by atoms with Crippen molar-refractivity contribution in [2.45, 2.75) is 45.1 Å². The van der Waals surface area contributed by atoms with Crippen LogP contribution in [0.5, 0.6) is 0 Å². The number of carbonyl (C=O) groups excluding carboxylic acids is 4. The minimum atomic E-state index is -1.63. The van der Waals surface area contributed by atoms with Crippen LogP contribution in [0.4, 0.5) is 16.2 Å². The highest BCUT2D eigenvalue weighted by atomic mass is 35.5. The molecule has 9 heteroatoms. The summed E-state index contributed by atoms with van der Waals surface area (Å²) in [4.78, 5) is 55.4. The number of para-hydroxylation sites is 1. The normalized spacial score (nSPS) is 19.0. The number of methoxy groups -OCH3 is 1. The second kappa shape index (κ2) is 8.53. The molecule has 0 radical (unpaired) electrons. The molecule has 3 amide bonds. The molecule has 0 aromatic heterocycles. The third kappa shape index (κ3) is 3.97. The van der Waals surface area contributed by atoms with Crippen molar-refractivity contribution < 1.29 is 28.7 Å². The minimum absolute atomic E-state index is 0.000645. The summed E-state index contributed by atoms with van der Waals surface area (Å²) in [5.74, 6) is -1.97. The van der Waals surface area contributed by atoms with Crippen LogP contribution in [0.25, 0.3) is 0 Å². The molecule has 2 heterocycles. The molecular formula is C26H25ClN2O6. The molecule has 0 saturated heterocycles. The molecule has 0 saturated carbocycles. The highest BCUT2D eigenvalue weighted by Gasteiger charge is 2.58. The lowest BCUT2D eigenvalue weighted by molar-refractivity contribution is -0.139. The molecule has 35 heavy (non-hydrogen) atoms. The maximum Gasteiger partial charge on any atom is 0.418 e. The van der Waals surface area contributed by atoms with Crippen LogP contribution in [0, 0.1) is 0 Å². The van der Waals surface area contributed by atoms with Crippen molar-refractivity contribution >= 4 is 46.9 Å². The van der Waals surface area contributed by atoms with Crippen molar-refractivity contribution in [3.8, 4) is 0 Å². The number of imide groups is 1. The van der Waals surface area contributed by atoms with Crippen LogP contribution in [0.15, 0.2) is 54.2 Å². The summed E-state index contributed by atoms with van der Waals surface area (Å²) in [6.07, 6.45) is 0.556. The fourth-order valence-corrected chi connectivity index (χ4v) is 4.76. The molecule has 0 aliphatic carbocycles. The van der Waals surface area contributed by atoms with E-state index in [1.54, 1.807) is 57.2 Å². The first-order chi connectivity index (χ1) is 16.4. The van der Waals surface area contributed by atoms with Gasteiger partial charge in [0.25, 0.3) is 0 Å². The number of halogens is 1. The van der Waals surface area contributed by atoms with Gasteiger partial charge >= 0.3 is 12.1 Å². The van der Waals surface area contributed by atoms with E-state index in [2.05, 4.69) is 0 Å². The van der Waals surface area contributed by atoms with E-state index in [4.69, 9.17) is 21.1 Å². The summed E-state index contributed by atoms with van der Waals surface area (Å²) in [5, 5.41) is 0.327. The first-order valence-electron chi connectivity index (χ1n) is 11.0. The van der Waals surface area contributed by atoms with Gasteiger partial charge in [-0.2, -0.15) is 0 Å². The van der Waals surface area contributed by atoms with Gasteiger partial charge in [-0.3, -0.25) is 14.5 Å². The molecular weight excluding hydrogens is 472 g/mol. The van der Waals surface area contributed by atoms with Crippen LogP contribution in [0.3, 0.4) is 0 Å². The van der Waals surface area contributed by atoms with Gasteiger partial charge in [-0.25, -0.2) is 14.5 Å². The van der Waals surface area contributed by atoms with Gasteiger partial charge in [0, 0.05) is 18.1 Å². The second-order valence-electron chi connectivity index (χ2n) is 9.42. The van der Waals surface area contributed by atoms with E-state index in [0.717, 1.165) is 4.90 Å². The number of rotatable bonds is 1. The first kappa shape index (κ1) is 24.5. The van der Waals surface area contributed by atoms with E-state index in [9.17, 15) is 19.2 Å². The van der Waals surface area contributed by atoms with E-state index >= 15 is 0 Å². The predicted octanol–water partition coefficient (Wildman–Crippen LogP) is 4.53. The van der Waals surface area contributed by atoms with Gasteiger partial charge in [-0.1, -0.05) is 35.9 Å². The lowest BCUT2D eigenvalue weighted by Gasteiger charge is -2.29. The van der Waals surface area contributed by atoms with Crippen LogP contribution < -0.4 is 9.80 Å². The van der Waals surface area contributed by atoms with E-state index in [-0.39, 0.29) is 17.7 Å². The molecule has 1 atom stereocenters. The van der Waals surface area contributed by atoms with Gasteiger partial charge in [0.05, 0.1) is 24.1 Å². The largest absolute Gasteiger partial charge is 0.466 e. The molecule has 182 valence electrons. The number of anilines is 2. The fraction of sp³-hybridized carbons (Fsp3) is 0.308. The zero-order valence-corrected chi connectivity index (χ0v) is 20.8. The summed E-state index contributed by atoms with van der Waals surface area (Å²) >= 11 is 6.21. The number of carbonyl (C=O) groups is 4. The molecule has 2 aromatic rings. The second-order valence-corrected chi connectivity index (χ2v) is 9.85. The highest BCUT2D eigenvalue weighted by Crippen LogP contribution is 2.51. The van der Waals surface area contributed by atoms with Crippen LogP contribution >= 0.6 is 11.6 Å². The number of amides is 3. The zero-order valence-electron chi connectivity index (χ0n) is 20.0. The smallest absolute Gasteiger partial charge is 0.418 e. The minimum Gasteiger partial charge on any atom is -0.466 e. The number of nitrogens with zero attached hydrogens (tertiary/aromatic N) is 2.